The minimum absolute atomic E-state index is 0.0430. The minimum atomic E-state index is -1.76. The Labute approximate surface area is 261 Å². The summed E-state index contributed by atoms with van der Waals surface area (Å²) in [4.78, 5) is 64.3. The maximum Gasteiger partial charge on any atom is 0.417 e. The maximum absolute atomic E-state index is 13.5. The summed E-state index contributed by atoms with van der Waals surface area (Å²) in [6.07, 6.45) is -3.33. The molecule has 2 amide bonds. The van der Waals surface area contributed by atoms with Gasteiger partial charge in [0.25, 0.3) is 5.91 Å². The van der Waals surface area contributed by atoms with Crippen LogP contribution in [0.15, 0.2) is 72.8 Å². The smallest absolute Gasteiger partial charge is 0.417 e. The molecule has 2 aromatic rings. The average molecular weight is 626 g/mol. The largest absolute Gasteiger partial charge is 0.451 e. The summed E-state index contributed by atoms with van der Waals surface area (Å²) >= 11 is 0. The molecule has 1 heterocycles. The van der Waals surface area contributed by atoms with E-state index in [4.69, 9.17) is 23.7 Å². The first kappa shape index (κ1) is 35.3. The average Bonchev–Trinajstić information content (AvgIpc) is 3.34. The topological polar surface area (TPSA) is 155 Å². The van der Waals surface area contributed by atoms with Crippen molar-refractivity contribution in [3.63, 3.8) is 0 Å². The molecule has 5 atom stereocenters. The molecule has 1 saturated heterocycles. The second-order valence-electron chi connectivity index (χ2n) is 10.3. The number of methoxy groups -OCH3 is 1. The first-order chi connectivity index (χ1) is 21.7. The highest BCUT2D eigenvalue weighted by molar-refractivity contribution is 6.05. The Morgan fingerprint density at radius 2 is 1.67 bits per heavy atom. The van der Waals surface area contributed by atoms with Gasteiger partial charge in [-0.2, -0.15) is 0 Å². The van der Waals surface area contributed by atoms with Crippen molar-refractivity contribution in [3.8, 4) is 0 Å². The van der Waals surface area contributed by atoms with Crippen LogP contribution in [0.2, 0.25) is 0 Å². The van der Waals surface area contributed by atoms with Crippen molar-refractivity contribution in [1.82, 2.24) is 4.90 Å². The Kier molecular flexibility index (Phi) is 14.0. The number of nitrogens with zero attached hydrogens (tertiary/aromatic N) is 1. The van der Waals surface area contributed by atoms with Gasteiger partial charge in [-0.1, -0.05) is 60.7 Å². The van der Waals surface area contributed by atoms with Gasteiger partial charge in [0.05, 0.1) is 25.9 Å². The number of esters is 1. The number of allylic oxidation sites excluding steroid dienone is 1. The van der Waals surface area contributed by atoms with Crippen molar-refractivity contribution in [2.45, 2.75) is 63.8 Å². The predicted molar refractivity (Wildman–Crippen MR) is 160 cm³/mol. The summed E-state index contributed by atoms with van der Waals surface area (Å²) in [5.74, 6) is -3.08. The molecular weight excluding hydrogens is 586 g/mol. The van der Waals surface area contributed by atoms with Crippen molar-refractivity contribution in [1.29, 1.82) is 0 Å². The van der Waals surface area contributed by atoms with Gasteiger partial charge in [-0.25, -0.2) is 9.69 Å². The molecule has 1 fully saturated rings. The summed E-state index contributed by atoms with van der Waals surface area (Å²) in [7, 11) is 1.13. The number of amides is 2. The summed E-state index contributed by atoms with van der Waals surface area (Å²) < 4.78 is 27.0. The van der Waals surface area contributed by atoms with Crippen molar-refractivity contribution >= 4 is 29.5 Å². The third-order valence-electron chi connectivity index (χ3n) is 6.96. The van der Waals surface area contributed by atoms with Gasteiger partial charge < -0.3 is 28.8 Å². The Bertz CT molecular complexity index is 1310. The lowest BCUT2D eigenvalue weighted by molar-refractivity contribution is -0.166. The van der Waals surface area contributed by atoms with Crippen LogP contribution in [0, 0.1) is 0 Å². The molecule has 3 rings (SSSR count). The molecule has 0 unspecified atom stereocenters. The first-order valence-corrected chi connectivity index (χ1v) is 14.5. The number of hydrogen-bond acceptors (Lipinski definition) is 11. The lowest BCUT2D eigenvalue weighted by Gasteiger charge is -2.27. The highest BCUT2D eigenvalue weighted by Crippen LogP contribution is 2.33. The number of aliphatic hydroxyl groups is 1. The highest BCUT2D eigenvalue weighted by Gasteiger charge is 2.48. The van der Waals surface area contributed by atoms with Crippen LogP contribution >= 0.6 is 0 Å². The van der Waals surface area contributed by atoms with E-state index in [-0.39, 0.29) is 26.2 Å². The molecule has 45 heavy (non-hydrogen) atoms. The minimum Gasteiger partial charge on any atom is -0.451 e. The second kappa shape index (κ2) is 17.9. The van der Waals surface area contributed by atoms with E-state index >= 15 is 0 Å². The summed E-state index contributed by atoms with van der Waals surface area (Å²) in [6.45, 7) is 3.11. The predicted octanol–water partition coefficient (Wildman–Crippen LogP) is 3.11. The summed E-state index contributed by atoms with van der Waals surface area (Å²) in [6, 6.07) is 17.6. The third kappa shape index (κ3) is 10.4. The summed E-state index contributed by atoms with van der Waals surface area (Å²) in [5.41, 5.74) is 1.64. The molecule has 1 aliphatic heterocycles. The fraction of sp³-hybridized carbons (Fsp3) is 0.424. The number of imide groups is 1. The Morgan fingerprint density at radius 3 is 2.29 bits per heavy atom. The van der Waals surface area contributed by atoms with Crippen LogP contribution in [0.1, 0.15) is 43.9 Å². The number of carbonyl (C=O) groups is 5. The van der Waals surface area contributed by atoms with Crippen molar-refractivity contribution in [3.05, 3.63) is 83.9 Å². The molecule has 12 nitrogen and oxygen atoms in total. The zero-order valence-electron chi connectivity index (χ0n) is 25.5. The SMILES string of the molecule is CO[C@@H](C(=O)N1C(=O)O[C@@H](c2ccccc2)[C@H]1C)[C@@H](OC(C)=O)C(=O)C=CC(=O)CCCOC[C@@H](CO)OCc1ccccc1. The monoisotopic (exact) mass is 625 g/mol. The fourth-order valence-corrected chi connectivity index (χ4v) is 4.64. The van der Waals surface area contributed by atoms with E-state index in [2.05, 4.69) is 0 Å². The molecule has 242 valence electrons. The van der Waals surface area contributed by atoms with Gasteiger partial charge in [0.15, 0.2) is 23.8 Å². The molecule has 0 spiro atoms. The molecule has 2 aromatic carbocycles. The van der Waals surface area contributed by atoms with E-state index in [1.807, 2.05) is 30.3 Å². The van der Waals surface area contributed by atoms with E-state index < -0.39 is 60.0 Å². The van der Waals surface area contributed by atoms with Crippen LogP contribution in [0.5, 0.6) is 0 Å². The number of aliphatic hydroxyl groups excluding tert-OH is 1. The fourth-order valence-electron chi connectivity index (χ4n) is 4.64. The van der Waals surface area contributed by atoms with E-state index in [1.165, 1.54) is 0 Å². The number of cyclic esters (lactones) is 1. The van der Waals surface area contributed by atoms with Crippen LogP contribution in [0.4, 0.5) is 4.79 Å². The quantitative estimate of drug-likeness (QED) is 0.148. The molecule has 0 bridgehead atoms. The van der Waals surface area contributed by atoms with E-state index in [1.54, 1.807) is 37.3 Å². The third-order valence-corrected chi connectivity index (χ3v) is 6.96. The number of hydrogen-bond donors (Lipinski definition) is 1. The van der Waals surface area contributed by atoms with Gasteiger partial charge in [0, 0.05) is 27.1 Å². The van der Waals surface area contributed by atoms with Gasteiger partial charge in [-0.3, -0.25) is 19.2 Å². The van der Waals surface area contributed by atoms with Gasteiger partial charge in [0.1, 0.15) is 12.2 Å². The van der Waals surface area contributed by atoms with E-state index in [0.717, 1.165) is 36.6 Å². The zero-order valence-corrected chi connectivity index (χ0v) is 25.5. The molecule has 0 radical (unpaired) electrons. The number of ketones is 2. The van der Waals surface area contributed by atoms with Crippen LogP contribution < -0.4 is 0 Å². The normalized spacial score (nSPS) is 18.3. The van der Waals surface area contributed by atoms with E-state index in [9.17, 15) is 29.1 Å². The van der Waals surface area contributed by atoms with Crippen molar-refractivity contribution < 1.29 is 52.8 Å². The first-order valence-electron chi connectivity index (χ1n) is 14.5. The molecule has 0 saturated carbocycles. The van der Waals surface area contributed by atoms with Gasteiger partial charge in [0.2, 0.25) is 0 Å². The lowest BCUT2D eigenvalue weighted by atomic mass is 10.0. The van der Waals surface area contributed by atoms with Gasteiger partial charge in [-0.05, 0) is 36.6 Å². The van der Waals surface area contributed by atoms with Crippen LogP contribution in [-0.4, -0.2) is 90.8 Å². The molecule has 0 aromatic heterocycles. The number of ether oxygens (including phenoxy) is 5. The number of carbonyl (C=O) groups excluding carboxylic acids is 5. The lowest BCUT2D eigenvalue weighted by Crippen LogP contribution is -2.52. The second-order valence-corrected chi connectivity index (χ2v) is 10.3. The van der Waals surface area contributed by atoms with Crippen molar-refractivity contribution in [2.24, 2.45) is 0 Å². The molecular formula is C33H39NO11. The zero-order chi connectivity index (χ0) is 32.8. The Hall–Kier alpha value is -4.23. The van der Waals surface area contributed by atoms with E-state index in [0.29, 0.717) is 18.6 Å². The van der Waals surface area contributed by atoms with Crippen LogP contribution in [0.3, 0.4) is 0 Å². The molecule has 1 aliphatic rings. The highest BCUT2D eigenvalue weighted by atomic mass is 16.6. The van der Waals surface area contributed by atoms with Crippen molar-refractivity contribution in [2.75, 3.05) is 26.9 Å². The maximum atomic E-state index is 13.5. The van der Waals surface area contributed by atoms with Gasteiger partial charge in [-0.15, -0.1) is 0 Å². The standard InChI is InChI=1S/C33H39NO11/c1-22-29(25-13-8-5-9-14-25)45-33(40)34(22)32(39)31(41-3)30(44-23(2)36)28(38)17-16-26(37)15-10-18-42-21-27(19-35)43-20-24-11-6-4-7-12-24/h4-9,11-14,16-17,22,27,29-31,35H,10,15,18-21H2,1-3H3/t22-,27-,29-,30+,31-/m1/s1. The number of rotatable bonds is 18. The Morgan fingerprint density at radius 1 is 1.00 bits per heavy atom. The van der Waals surface area contributed by atoms with Crippen LogP contribution in [0.25, 0.3) is 0 Å². The Balaban J connectivity index is 1.52. The van der Waals surface area contributed by atoms with Gasteiger partial charge >= 0.3 is 12.1 Å². The van der Waals surface area contributed by atoms with Crippen LogP contribution in [-0.2, 0) is 49.5 Å². The number of benzene rings is 2. The molecule has 12 heteroatoms. The summed E-state index contributed by atoms with van der Waals surface area (Å²) in [5, 5.41) is 9.52. The molecule has 1 N–H and O–H groups in total. The molecule has 0 aliphatic carbocycles.